The summed E-state index contributed by atoms with van der Waals surface area (Å²) in [6, 6.07) is 9.30. The molecule has 32 heavy (non-hydrogen) atoms. The van der Waals surface area contributed by atoms with E-state index >= 15 is 0 Å². The molecule has 7 atom stereocenters. The van der Waals surface area contributed by atoms with Crippen molar-refractivity contribution in [2.75, 3.05) is 11.9 Å². The van der Waals surface area contributed by atoms with Crippen molar-refractivity contribution in [3.05, 3.63) is 41.5 Å². The van der Waals surface area contributed by atoms with Gasteiger partial charge in [-0.3, -0.25) is 4.79 Å². The van der Waals surface area contributed by atoms with E-state index in [-0.39, 0.29) is 17.1 Å². The van der Waals surface area contributed by atoms with Crippen LogP contribution < -0.4 is 4.90 Å². The van der Waals surface area contributed by atoms with E-state index in [2.05, 4.69) is 63.9 Å². The van der Waals surface area contributed by atoms with Crippen molar-refractivity contribution in [1.29, 1.82) is 0 Å². The van der Waals surface area contributed by atoms with Gasteiger partial charge in [0, 0.05) is 24.7 Å². The molecule has 0 heterocycles. The lowest BCUT2D eigenvalue weighted by Gasteiger charge is -2.57. The van der Waals surface area contributed by atoms with Gasteiger partial charge in [-0.2, -0.15) is 0 Å². The summed E-state index contributed by atoms with van der Waals surface area (Å²) in [6.45, 7) is 9.11. The van der Waals surface area contributed by atoms with Gasteiger partial charge in [-0.1, -0.05) is 24.6 Å². The normalized spacial score (nSPS) is 39.1. The molecule has 3 saturated carbocycles. The summed E-state index contributed by atoms with van der Waals surface area (Å²) in [5.41, 5.74) is 4.23. The van der Waals surface area contributed by atoms with Crippen LogP contribution in [0.15, 0.2) is 35.9 Å². The van der Waals surface area contributed by atoms with Gasteiger partial charge < -0.3 is 10.0 Å². The monoisotopic (exact) mass is 435 g/mol. The first-order chi connectivity index (χ1) is 15.1. The Bertz CT molecular complexity index is 910. The van der Waals surface area contributed by atoms with Crippen LogP contribution in [0.5, 0.6) is 0 Å². The Morgan fingerprint density at radius 2 is 1.72 bits per heavy atom. The van der Waals surface area contributed by atoms with E-state index in [0.29, 0.717) is 41.8 Å². The van der Waals surface area contributed by atoms with Crippen molar-refractivity contribution in [3.63, 3.8) is 0 Å². The van der Waals surface area contributed by atoms with Gasteiger partial charge >= 0.3 is 0 Å². The molecule has 4 aliphatic rings. The summed E-state index contributed by atoms with van der Waals surface area (Å²) in [4.78, 5) is 14.5. The fourth-order valence-electron chi connectivity index (χ4n) is 7.96. The Morgan fingerprint density at radius 1 is 1.00 bits per heavy atom. The largest absolute Gasteiger partial charge is 0.393 e. The van der Waals surface area contributed by atoms with Gasteiger partial charge in [0.05, 0.1) is 6.10 Å². The topological polar surface area (TPSA) is 40.5 Å². The number of allylic oxidation sites excluding steroid dienone is 1. The highest BCUT2D eigenvalue weighted by Crippen LogP contribution is 2.65. The third-order valence-electron chi connectivity index (χ3n) is 9.97. The Morgan fingerprint density at radius 3 is 2.41 bits per heavy atom. The minimum atomic E-state index is -0.174. The molecule has 0 radical (unpaired) electrons. The summed E-state index contributed by atoms with van der Waals surface area (Å²) >= 11 is 0. The molecule has 0 saturated heterocycles. The van der Waals surface area contributed by atoms with E-state index in [1.165, 1.54) is 29.7 Å². The van der Waals surface area contributed by atoms with Gasteiger partial charge in [0.15, 0.2) is 5.78 Å². The van der Waals surface area contributed by atoms with Crippen LogP contribution in [0.25, 0.3) is 0 Å². The molecular weight excluding hydrogens is 394 g/mol. The number of carbonyl (C=O) groups excluding carboxylic acids is 1. The second-order valence-corrected chi connectivity index (χ2v) is 12.4. The second-order valence-electron chi connectivity index (χ2n) is 12.4. The van der Waals surface area contributed by atoms with E-state index in [4.69, 9.17) is 0 Å². The van der Waals surface area contributed by atoms with E-state index in [9.17, 15) is 9.90 Å². The molecule has 174 valence electrons. The summed E-state index contributed by atoms with van der Waals surface area (Å²) < 4.78 is 0. The van der Waals surface area contributed by atoms with E-state index in [1.807, 2.05) is 6.08 Å². The number of hydrogen-bond acceptors (Lipinski definition) is 3. The number of ketones is 1. The van der Waals surface area contributed by atoms with Gasteiger partial charge in [0.2, 0.25) is 0 Å². The molecule has 3 heteroatoms. The first-order valence-corrected chi connectivity index (χ1v) is 12.8. The number of rotatable bonds is 2. The van der Waals surface area contributed by atoms with Crippen molar-refractivity contribution in [2.45, 2.75) is 90.2 Å². The molecular formula is C29H41NO2. The Kier molecular flexibility index (Phi) is 5.36. The van der Waals surface area contributed by atoms with Crippen LogP contribution in [0.4, 0.5) is 5.69 Å². The van der Waals surface area contributed by atoms with Gasteiger partial charge in [0.1, 0.15) is 0 Å². The minimum Gasteiger partial charge on any atom is -0.393 e. The van der Waals surface area contributed by atoms with E-state index < -0.39 is 0 Å². The van der Waals surface area contributed by atoms with E-state index in [0.717, 1.165) is 25.7 Å². The third-order valence-corrected chi connectivity index (χ3v) is 9.97. The quantitative estimate of drug-likeness (QED) is 0.608. The van der Waals surface area contributed by atoms with Crippen LogP contribution in [-0.2, 0) is 4.79 Å². The molecule has 5 rings (SSSR count). The van der Waals surface area contributed by atoms with Crippen LogP contribution >= 0.6 is 0 Å². The van der Waals surface area contributed by atoms with Crippen molar-refractivity contribution < 1.29 is 9.90 Å². The number of benzene rings is 1. The molecule has 0 amide bonds. The molecule has 3 nitrogen and oxygen atoms in total. The van der Waals surface area contributed by atoms with E-state index in [1.54, 1.807) is 0 Å². The predicted molar refractivity (Wildman–Crippen MR) is 131 cm³/mol. The second kappa shape index (κ2) is 7.72. The molecule has 0 spiro atoms. The van der Waals surface area contributed by atoms with Crippen LogP contribution in [0.1, 0.15) is 84.1 Å². The van der Waals surface area contributed by atoms with Gasteiger partial charge in [-0.15, -0.1) is 0 Å². The molecule has 1 aromatic carbocycles. The molecule has 0 aromatic heterocycles. The van der Waals surface area contributed by atoms with Gasteiger partial charge in [-0.05, 0) is 118 Å². The maximum Gasteiger partial charge on any atom is 0.155 e. The average molecular weight is 436 g/mol. The summed E-state index contributed by atoms with van der Waals surface area (Å²) in [5.74, 6) is 3.25. The number of hydrogen-bond donors (Lipinski definition) is 1. The minimum absolute atomic E-state index is 0.0262. The summed E-state index contributed by atoms with van der Waals surface area (Å²) in [5, 5.41) is 11.0. The molecule has 1 aromatic rings. The van der Waals surface area contributed by atoms with Crippen LogP contribution in [-0.4, -0.2) is 29.6 Å². The molecule has 0 bridgehead atoms. The number of nitrogens with zero attached hydrogens (tertiary/aromatic N) is 1. The standard InChI is InChI=1S/C29H41NO2/c1-28(2,3)30(5)20-9-6-18(7-10-20)24-17-29(4)25(14-15-26(29)32)23-12-8-19-16-21(31)11-13-22(19)27(23)24/h6-7,9-10,16,22-27,32H,8,11-15,17H2,1-5H3. The highest BCUT2D eigenvalue weighted by atomic mass is 16.3. The smallest absolute Gasteiger partial charge is 0.155 e. The highest BCUT2D eigenvalue weighted by molar-refractivity contribution is 5.91. The Labute approximate surface area is 194 Å². The number of aliphatic hydroxyl groups excluding tert-OH is 1. The van der Waals surface area contributed by atoms with Crippen molar-refractivity contribution in [1.82, 2.24) is 0 Å². The SMILES string of the molecule is CN(c1ccc(C2CC3(C)C(O)CCC3C3CCC4=CC(=O)CCC4C23)cc1)C(C)(C)C. The summed E-state index contributed by atoms with van der Waals surface area (Å²) in [7, 11) is 2.17. The molecule has 1 N–H and O–H groups in total. The average Bonchev–Trinajstić information content (AvgIpc) is 3.06. The highest BCUT2D eigenvalue weighted by Gasteiger charge is 2.59. The van der Waals surface area contributed by atoms with Crippen LogP contribution in [0.2, 0.25) is 0 Å². The summed E-state index contributed by atoms with van der Waals surface area (Å²) in [6.07, 6.45) is 9.04. The fraction of sp³-hybridized carbons (Fsp3) is 0.690. The third kappa shape index (κ3) is 3.47. The Hall–Kier alpha value is -1.61. The predicted octanol–water partition coefficient (Wildman–Crippen LogP) is 6.12. The van der Waals surface area contributed by atoms with Crippen molar-refractivity contribution in [2.24, 2.45) is 29.1 Å². The number of fused-ring (bicyclic) bond motifs is 5. The van der Waals surface area contributed by atoms with Crippen molar-refractivity contribution in [3.8, 4) is 0 Å². The maximum atomic E-state index is 12.2. The van der Waals surface area contributed by atoms with Gasteiger partial charge in [0.25, 0.3) is 0 Å². The zero-order valence-corrected chi connectivity index (χ0v) is 20.6. The Balaban J connectivity index is 1.53. The molecule has 0 aliphatic heterocycles. The number of anilines is 1. The fourth-order valence-corrected chi connectivity index (χ4v) is 7.96. The molecule has 7 unspecified atom stereocenters. The zero-order chi connectivity index (χ0) is 22.8. The van der Waals surface area contributed by atoms with Crippen LogP contribution in [0, 0.1) is 29.1 Å². The lowest BCUT2D eigenvalue weighted by molar-refractivity contribution is -0.116. The first kappa shape index (κ1) is 22.2. The zero-order valence-electron chi connectivity index (χ0n) is 20.6. The first-order valence-electron chi connectivity index (χ1n) is 12.8. The number of carbonyl (C=O) groups is 1. The van der Waals surface area contributed by atoms with Crippen molar-refractivity contribution >= 4 is 11.5 Å². The lowest BCUT2D eigenvalue weighted by atomic mass is 9.48. The molecule has 4 aliphatic carbocycles. The van der Waals surface area contributed by atoms with Crippen LogP contribution in [0.3, 0.4) is 0 Å². The lowest BCUT2D eigenvalue weighted by Crippen LogP contribution is -2.50. The number of aliphatic hydroxyl groups is 1. The molecule has 3 fully saturated rings. The van der Waals surface area contributed by atoms with Gasteiger partial charge in [-0.25, -0.2) is 0 Å². The maximum absolute atomic E-state index is 12.2.